The molecule has 0 bridgehead atoms. The third-order valence-corrected chi connectivity index (χ3v) is 7.48. The third-order valence-electron chi connectivity index (χ3n) is 4.36. The number of carbonyl (C=O) groups is 1. The van der Waals surface area contributed by atoms with Gasteiger partial charge < -0.3 is 9.64 Å². The molecule has 1 aliphatic rings. The van der Waals surface area contributed by atoms with Gasteiger partial charge in [-0.25, -0.2) is 13.2 Å². The maximum absolute atomic E-state index is 12.9. The van der Waals surface area contributed by atoms with Crippen molar-refractivity contribution < 1.29 is 17.9 Å². The highest BCUT2D eigenvalue weighted by molar-refractivity contribution is 7.91. The number of aromatic nitrogens is 2. The lowest BCUT2D eigenvalue weighted by Crippen LogP contribution is -2.47. The van der Waals surface area contributed by atoms with Gasteiger partial charge in [0, 0.05) is 32.6 Å². The van der Waals surface area contributed by atoms with E-state index in [1.54, 1.807) is 4.90 Å². The smallest absolute Gasteiger partial charge is 0.326 e. The second kappa shape index (κ2) is 9.77. The summed E-state index contributed by atoms with van der Waals surface area (Å²) in [6.45, 7) is 9.20. The Balaban J connectivity index is 2.28. The quantitative estimate of drug-likeness (QED) is 0.464. The number of sulfonamides is 1. The molecule has 158 valence electrons. The van der Waals surface area contributed by atoms with Gasteiger partial charge in [-0.2, -0.15) is 4.31 Å². The maximum atomic E-state index is 12.9. The van der Waals surface area contributed by atoms with Crippen molar-refractivity contribution in [2.24, 2.45) is 0 Å². The Bertz CT molecular complexity index is 793. The highest BCUT2D eigenvalue weighted by Gasteiger charge is 2.34. The van der Waals surface area contributed by atoms with Gasteiger partial charge in [0.15, 0.2) is 0 Å². The van der Waals surface area contributed by atoms with E-state index in [9.17, 15) is 13.2 Å². The van der Waals surface area contributed by atoms with Crippen molar-refractivity contribution in [3.05, 3.63) is 12.2 Å². The lowest BCUT2D eigenvalue weighted by Gasteiger charge is -2.30. The first kappa shape index (κ1) is 22.7. The molecule has 0 aliphatic carbocycles. The Labute approximate surface area is 171 Å². The van der Waals surface area contributed by atoms with Crippen LogP contribution in [-0.4, -0.2) is 72.9 Å². The molecule has 0 fully saturated rings. The van der Waals surface area contributed by atoms with Gasteiger partial charge in [-0.3, -0.25) is 4.90 Å². The van der Waals surface area contributed by atoms with Crippen LogP contribution in [0.25, 0.3) is 0 Å². The summed E-state index contributed by atoms with van der Waals surface area (Å²) < 4.78 is 32.3. The summed E-state index contributed by atoms with van der Waals surface area (Å²) in [6, 6.07) is -0.389. The van der Waals surface area contributed by atoms with Gasteiger partial charge >= 0.3 is 6.03 Å². The topological polar surface area (TPSA) is 95.9 Å². The van der Waals surface area contributed by atoms with Crippen molar-refractivity contribution >= 4 is 32.5 Å². The second-order valence-electron chi connectivity index (χ2n) is 6.69. The van der Waals surface area contributed by atoms with Crippen molar-refractivity contribution in [3.63, 3.8) is 0 Å². The van der Waals surface area contributed by atoms with Crippen LogP contribution in [0, 0.1) is 0 Å². The first-order valence-corrected chi connectivity index (χ1v) is 11.7. The van der Waals surface area contributed by atoms with Gasteiger partial charge in [-0.05, 0) is 27.2 Å². The molecule has 2 rings (SSSR count). The van der Waals surface area contributed by atoms with E-state index in [0.717, 1.165) is 22.1 Å². The van der Waals surface area contributed by atoms with Crippen LogP contribution in [0.15, 0.2) is 16.5 Å². The number of amides is 2. The Kier molecular flexibility index (Phi) is 7.93. The molecule has 2 amide bonds. The summed E-state index contributed by atoms with van der Waals surface area (Å²) in [5, 5.41) is 8.16. The van der Waals surface area contributed by atoms with Gasteiger partial charge in [0.1, 0.15) is 6.23 Å². The molecule has 0 radical (unpaired) electrons. The molecule has 2 heterocycles. The van der Waals surface area contributed by atoms with Crippen LogP contribution < -0.4 is 4.90 Å². The minimum absolute atomic E-state index is 0.153. The molecule has 9 nitrogen and oxygen atoms in total. The molecule has 28 heavy (non-hydrogen) atoms. The average Bonchev–Trinajstić information content (AvgIpc) is 3.16. The summed E-state index contributed by atoms with van der Waals surface area (Å²) in [5.74, 6) is 0. The van der Waals surface area contributed by atoms with Gasteiger partial charge in [-0.1, -0.05) is 30.4 Å². The van der Waals surface area contributed by atoms with E-state index in [2.05, 4.69) is 10.2 Å². The Hall–Kier alpha value is -1.56. The number of carbonyl (C=O) groups excluding carboxylic acids is 1. The van der Waals surface area contributed by atoms with Crippen LogP contribution in [0.2, 0.25) is 0 Å². The fourth-order valence-electron chi connectivity index (χ4n) is 2.79. The van der Waals surface area contributed by atoms with Gasteiger partial charge in [-0.15, -0.1) is 10.2 Å². The Morgan fingerprint density at radius 1 is 1.32 bits per heavy atom. The molecule has 1 unspecified atom stereocenters. The van der Waals surface area contributed by atoms with Crippen LogP contribution in [0.1, 0.15) is 40.5 Å². The fraction of sp³-hybridized carbons (Fsp3) is 0.706. The maximum Gasteiger partial charge on any atom is 0.326 e. The highest BCUT2D eigenvalue weighted by atomic mass is 32.2. The van der Waals surface area contributed by atoms with Gasteiger partial charge in [0.2, 0.25) is 9.47 Å². The zero-order chi connectivity index (χ0) is 20.9. The van der Waals surface area contributed by atoms with E-state index in [1.807, 2.05) is 39.8 Å². The monoisotopic (exact) mass is 431 g/mol. The van der Waals surface area contributed by atoms with Crippen molar-refractivity contribution in [2.75, 3.05) is 31.6 Å². The van der Waals surface area contributed by atoms with Crippen LogP contribution >= 0.6 is 11.3 Å². The second-order valence-corrected chi connectivity index (χ2v) is 9.82. The van der Waals surface area contributed by atoms with Crippen molar-refractivity contribution in [3.8, 4) is 0 Å². The molecule has 11 heteroatoms. The molecule has 0 aromatic carbocycles. The molecular formula is C17H29N5O4S2. The highest BCUT2D eigenvalue weighted by Crippen LogP contribution is 2.29. The molecular weight excluding hydrogens is 402 g/mol. The number of ether oxygens (including phenoxy) is 1. The zero-order valence-corrected chi connectivity index (χ0v) is 18.7. The predicted octanol–water partition coefficient (Wildman–Crippen LogP) is 2.53. The third kappa shape index (κ3) is 4.88. The van der Waals surface area contributed by atoms with Gasteiger partial charge in [0.05, 0.1) is 6.61 Å². The molecule has 0 N–H and O–H groups in total. The summed E-state index contributed by atoms with van der Waals surface area (Å²) in [7, 11) is -2.41. The number of hydrogen-bond acceptors (Lipinski definition) is 7. The minimum atomic E-state index is -3.87. The number of anilines is 1. The largest absolute Gasteiger partial charge is 0.358 e. The van der Waals surface area contributed by atoms with Crippen LogP contribution in [0.3, 0.4) is 0 Å². The molecule has 1 aliphatic heterocycles. The number of hydrogen-bond donors (Lipinski definition) is 0. The van der Waals surface area contributed by atoms with Crippen LogP contribution in [0.4, 0.5) is 9.93 Å². The van der Waals surface area contributed by atoms with E-state index < -0.39 is 16.3 Å². The van der Waals surface area contributed by atoms with Crippen molar-refractivity contribution in [1.29, 1.82) is 0 Å². The van der Waals surface area contributed by atoms with E-state index >= 15 is 0 Å². The minimum Gasteiger partial charge on any atom is -0.358 e. The lowest BCUT2D eigenvalue weighted by atomic mass is 10.3. The van der Waals surface area contributed by atoms with Crippen molar-refractivity contribution in [1.82, 2.24) is 19.4 Å². The number of urea groups is 1. The van der Waals surface area contributed by atoms with Crippen LogP contribution in [-0.2, 0) is 14.8 Å². The van der Waals surface area contributed by atoms with E-state index in [1.165, 1.54) is 11.9 Å². The van der Waals surface area contributed by atoms with E-state index in [4.69, 9.17) is 4.74 Å². The standard InChI is InChI=1S/C17H29N5O4S2/c1-6-11-21(7-2)17(23)22(13(3)4)15-18-19-16(27-15)28(24,25)20(5)14-10-8-9-12-26-14/h8-9,13-14H,6-7,10-12H2,1-5H3. The average molecular weight is 432 g/mol. The summed E-state index contributed by atoms with van der Waals surface area (Å²) >= 11 is 0.896. The normalized spacial score (nSPS) is 17.3. The molecule has 0 saturated carbocycles. The first-order chi connectivity index (χ1) is 13.2. The fourth-order valence-corrected chi connectivity index (χ4v) is 5.34. The summed E-state index contributed by atoms with van der Waals surface area (Å²) in [4.78, 5) is 16.2. The molecule has 1 aromatic heterocycles. The SMILES string of the molecule is CCCN(CC)C(=O)N(c1nnc(S(=O)(=O)N(C)C2CC=CCO2)s1)C(C)C. The van der Waals surface area contributed by atoms with E-state index in [0.29, 0.717) is 26.1 Å². The van der Waals surface area contributed by atoms with Crippen LogP contribution in [0.5, 0.6) is 0 Å². The number of nitrogens with zero attached hydrogens (tertiary/aromatic N) is 5. The van der Waals surface area contributed by atoms with Crippen molar-refractivity contribution in [2.45, 2.75) is 57.1 Å². The van der Waals surface area contributed by atoms with Gasteiger partial charge in [0.25, 0.3) is 10.0 Å². The summed E-state index contributed by atoms with van der Waals surface area (Å²) in [6.07, 6.45) is 4.47. The predicted molar refractivity (Wildman–Crippen MR) is 109 cm³/mol. The molecule has 0 saturated heterocycles. The first-order valence-electron chi connectivity index (χ1n) is 9.40. The molecule has 1 aromatic rings. The Morgan fingerprint density at radius 3 is 2.57 bits per heavy atom. The molecule has 1 atom stereocenters. The molecule has 0 spiro atoms. The lowest BCUT2D eigenvalue weighted by molar-refractivity contribution is 0.000769. The zero-order valence-electron chi connectivity index (χ0n) is 17.0. The summed E-state index contributed by atoms with van der Waals surface area (Å²) in [5.41, 5.74) is 0. The van der Waals surface area contributed by atoms with E-state index in [-0.39, 0.29) is 21.5 Å². The Morgan fingerprint density at radius 2 is 2.04 bits per heavy atom. The number of rotatable bonds is 8.